The molecule has 1 atom stereocenters. The van der Waals surface area contributed by atoms with Gasteiger partial charge in [-0.1, -0.05) is 0 Å². The van der Waals surface area contributed by atoms with Gasteiger partial charge >= 0.3 is 0 Å². The number of rotatable bonds is 5. The van der Waals surface area contributed by atoms with Crippen LogP contribution in [0.3, 0.4) is 0 Å². The van der Waals surface area contributed by atoms with Gasteiger partial charge in [-0.25, -0.2) is 15.0 Å². The van der Waals surface area contributed by atoms with Crippen LogP contribution in [0.4, 0.5) is 11.6 Å². The van der Waals surface area contributed by atoms with Crippen LogP contribution in [0.15, 0.2) is 36.7 Å². The van der Waals surface area contributed by atoms with Gasteiger partial charge in [-0.2, -0.15) is 0 Å². The molecule has 0 spiro atoms. The van der Waals surface area contributed by atoms with Crippen molar-refractivity contribution in [3.8, 4) is 17.1 Å². The van der Waals surface area contributed by atoms with Gasteiger partial charge in [0.1, 0.15) is 11.9 Å². The molecule has 1 aromatic carbocycles. The number of benzene rings is 1. The van der Waals surface area contributed by atoms with Crippen molar-refractivity contribution >= 4 is 11.6 Å². The molecule has 30 heavy (non-hydrogen) atoms. The third kappa shape index (κ3) is 4.05. The van der Waals surface area contributed by atoms with E-state index in [9.17, 15) is 5.11 Å². The van der Waals surface area contributed by atoms with Gasteiger partial charge in [-0.15, -0.1) is 0 Å². The van der Waals surface area contributed by atoms with Crippen LogP contribution < -0.4 is 16.2 Å². The molecule has 8 nitrogen and oxygen atoms in total. The Morgan fingerprint density at radius 1 is 1.23 bits per heavy atom. The summed E-state index contributed by atoms with van der Waals surface area (Å²) in [6, 6.07) is 7.67. The van der Waals surface area contributed by atoms with Crippen molar-refractivity contribution in [1.82, 2.24) is 19.9 Å². The van der Waals surface area contributed by atoms with Gasteiger partial charge in [-0.05, 0) is 66.9 Å². The van der Waals surface area contributed by atoms with Crippen LogP contribution >= 0.6 is 0 Å². The van der Waals surface area contributed by atoms with E-state index in [2.05, 4.69) is 46.0 Å². The molecule has 0 fully saturated rings. The first kappa shape index (κ1) is 20.1. The first-order valence-corrected chi connectivity index (χ1v) is 9.87. The second-order valence-electron chi connectivity index (χ2n) is 7.67. The summed E-state index contributed by atoms with van der Waals surface area (Å²) in [6.45, 7) is 3.84. The standard InChI is InChI=1S/C22H26N6O2/c1-13-7-15(8-16-11-28(2)6-4-17(13)16)18-10-26-21(24)22(27-18)30-19(12-29)14-3-5-25-20(23)9-14/h3,5,7-10,19,29H,4,6,11-12H2,1-2H3,(H2,23,25)(H2,24,26). The SMILES string of the molecule is Cc1cc(-c2cnc(N)c(OC(CO)c3ccnc(N)c3)n2)cc2c1CCN(C)C2. The van der Waals surface area contributed by atoms with Gasteiger partial charge < -0.3 is 26.2 Å². The van der Waals surface area contributed by atoms with Gasteiger partial charge in [0.15, 0.2) is 5.82 Å². The largest absolute Gasteiger partial charge is 0.464 e. The van der Waals surface area contributed by atoms with Crippen LogP contribution in [0.2, 0.25) is 0 Å². The van der Waals surface area contributed by atoms with Crippen LogP contribution in [-0.2, 0) is 13.0 Å². The summed E-state index contributed by atoms with van der Waals surface area (Å²) >= 11 is 0. The van der Waals surface area contributed by atoms with Gasteiger partial charge in [0.25, 0.3) is 5.88 Å². The van der Waals surface area contributed by atoms with E-state index in [1.54, 1.807) is 24.5 Å². The number of nitrogens with two attached hydrogens (primary N) is 2. The maximum atomic E-state index is 9.82. The minimum absolute atomic E-state index is 0.161. The van der Waals surface area contributed by atoms with Crippen molar-refractivity contribution in [2.75, 3.05) is 31.7 Å². The molecule has 156 valence electrons. The monoisotopic (exact) mass is 406 g/mol. The Labute approximate surface area is 175 Å². The molecular weight excluding hydrogens is 380 g/mol. The third-order valence-electron chi connectivity index (χ3n) is 5.41. The minimum atomic E-state index is -0.680. The molecule has 0 saturated carbocycles. The van der Waals surface area contributed by atoms with Crippen molar-refractivity contribution in [2.24, 2.45) is 0 Å². The number of nitrogens with zero attached hydrogens (tertiary/aromatic N) is 4. The Hall–Kier alpha value is -3.23. The smallest absolute Gasteiger partial charge is 0.258 e. The number of aryl methyl sites for hydroxylation is 1. The van der Waals surface area contributed by atoms with Gasteiger partial charge in [0.05, 0.1) is 18.5 Å². The average Bonchev–Trinajstić information content (AvgIpc) is 2.72. The number of nitrogen functional groups attached to an aromatic ring is 2. The number of pyridine rings is 1. The third-order valence-corrected chi connectivity index (χ3v) is 5.41. The highest BCUT2D eigenvalue weighted by Crippen LogP contribution is 2.31. The van der Waals surface area contributed by atoms with Crippen LogP contribution in [0, 0.1) is 6.92 Å². The fourth-order valence-corrected chi connectivity index (χ4v) is 3.83. The highest BCUT2D eigenvalue weighted by atomic mass is 16.5. The zero-order chi connectivity index (χ0) is 21.3. The summed E-state index contributed by atoms with van der Waals surface area (Å²) in [5.41, 5.74) is 18.0. The van der Waals surface area contributed by atoms with Crippen molar-refractivity contribution in [1.29, 1.82) is 0 Å². The summed E-state index contributed by atoms with van der Waals surface area (Å²) in [7, 11) is 2.13. The van der Waals surface area contributed by atoms with E-state index in [1.165, 1.54) is 16.7 Å². The molecule has 3 heterocycles. The van der Waals surface area contributed by atoms with Crippen molar-refractivity contribution < 1.29 is 9.84 Å². The number of likely N-dealkylation sites (N-methyl/N-ethyl adjacent to an activating group) is 1. The lowest BCUT2D eigenvalue weighted by molar-refractivity contribution is 0.112. The molecule has 4 rings (SSSR count). The van der Waals surface area contributed by atoms with Crippen molar-refractivity contribution in [2.45, 2.75) is 26.0 Å². The molecule has 1 unspecified atom stereocenters. The van der Waals surface area contributed by atoms with E-state index in [0.717, 1.165) is 25.1 Å². The summed E-state index contributed by atoms with van der Waals surface area (Å²) in [5.74, 6) is 0.680. The summed E-state index contributed by atoms with van der Waals surface area (Å²) in [5, 5.41) is 9.82. The Balaban J connectivity index is 1.67. The second kappa shape index (κ2) is 8.25. The van der Waals surface area contributed by atoms with Crippen LogP contribution in [0.1, 0.15) is 28.4 Å². The fourth-order valence-electron chi connectivity index (χ4n) is 3.83. The minimum Gasteiger partial charge on any atom is -0.464 e. The Morgan fingerprint density at radius 2 is 2.07 bits per heavy atom. The Kier molecular flexibility index (Phi) is 5.52. The summed E-state index contributed by atoms with van der Waals surface area (Å²) in [6.07, 6.45) is 3.58. The number of fused-ring (bicyclic) bond motifs is 1. The molecule has 0 amide bonds. The normalized spacial score (nSPS) is 14.9. The second-order valence-corrected chi connectivity index (χ2v) is 7.67. The highest BCUT2D eigenvalue weighted by molar-refractivity contribution is 5.64. The van der Waals surface area contributed by atoms with E-state index in [-0.39, 0.29) is 18.3 Å². The predicted molar refractivity (Wildman–Crippen MR) is 116 cm³/mol. The molecule has 3 aromatic rings. The quantitative estimate of drug-likeness (QED) is 0.589. The molecule has 2 aromatic heterocycles. The molecule has 1 aliphatic rings. The first-order valence-electron chi connectivity index (χ1n) is 9.87. The average molecular weight is 406 g/mol. The molecule has 0 aliphatic carbocycles. The lowest BCUT2D eigenvalue weighted by Gasteiger charge is -2.27. The number of aromatic nitrogens is 3. The molecule has 0 radical (unpaired) electrons. The predicted octanol–water partition coefficient (Wildman–Crippen LogP) is 2.11. The lowest BCUT2D eigenvalue weighted by Crippen LogP contribution is -2.27. The number of hydrogen-bond donors (Lipinski definition) is 3. The van der Waals surface area contributed by atoms with Crippen LogP contribution in [-0.4, -0.2) is 45.2 Å². The van der Waals surface area contributed by atoms with E-state index in [0.29, 0.717) is 17.1 Å². The zero-order valence-electron chi connectivity index (χ0n) is 17.2. The fraction of sp³-hybridized carbons (Fsp3) is 0.318. The van der Waals surface area contributed by atoms with Crippen molar-refractivity contribution in [3.05, 3.63) is 58.9 Å². The summed E-state index contributed by atoms with van der Waals surface area (Å²) in [4.78, 5) is 15.2. The maximum absolute atomic E-state index is 9.82. The Bertz CT molecular complexity index is 1070. The van der Waals surface area contributed by atoms with E-state index in [1.807, 2.05) is 0 Å². The highest BCUT2D eigenvalue weighted by Gasteiger charge is 2.19. The number of aliphatic hydroxyl groups excluding tert-OH is 1. The molecule has 8 heteroatoms. The Morgan fingerprint density at radius 3 is 2.83 bits per heavy atom. The van der Waals surface area contributed by atoms with Crippen molar-refractivity contribution in [3.63, 3.8) is 0 Å². The van der Waals surface area contributed by atoms with E-state index in [4.69, 9.17) is 16.2 Å². The molecule has 5 N–H and O–H groups in total. The number of anilines is 2. The van der Waals surface area contributed by atoms with Gasteiger partial charge in [-0.3, -0.25) is 0 Å². The van der Waals surface area contributed by atoms with Gasteiger partial charge in [0, 0.05) is 24.8 Å². The molecule has 0 saturated heterocycles. The number of aliphatic hydroxyl groups is 1. The number of ether oxygens (including phenoxy) is 1. The lowest BCUT2D eigenvalue weighted by atomic mass is 9.92. The van der Waals surface area contributed by atoms with Crippen LogP contribution in [0.25, 0.3) is 11.3 Å². The molecule has 0 bridgehead atoms. The van der Waals surface area contributed by atoms with E-state index >= 15 is 0 Å². The van der Waals surface area contributed by atoms with E-state index < -0.39 is 6.10 Å². The number of hydrogen-bond acceptors (Lipinski definition) is 8. The molecular formula is C22H26N6O2. The maximum Gasteiger partial charge on any atom is 0.258 e. The topological polar surface area (TPSA) is 123 Å². The van der Waals surface area contributed by atoms with Crippen LogP contribution in [0.5, 0.6) is 5.88 Å². The first-order chi connectivity index (χ1) is 14.4. The summed E-state index contributed by atoms with van der Waals surface area (Å²) < 4.78 is 5.92. The molecule has 1 aliphatic heterocycles. The van der Waals surface area contributed by atoms with Gasteiger partial charge in [0.2, 0.25) is 0 Å². The zero-order valence-corrected chi connectivity index (χ0v) is 17.2.